The van der Waals surface area contributed by atoms with Gasteiger partial charge in [-0.2, -0.15) is 0 Å². The van der Waals surface area contributed by atoms with E-state index in [9.17, 15) is 13.8 Å². The number of fused-ring (bicyclic) bond motifs is 1. The number of halogens is 1. The first-order valence-corrected chi connectivity index (χ1v) is 15.9. The standard InChI is InChI=1S/C31H33FN5O2P/c1-36(2)26-11-12-37(19-26)18-25-8-5-21(13-27(25)32)15-29(38)23-9-10-30(40(3,4)39)24(16-23)7-6-22-14-28-31(33-17-22)35-20-34-28/h5,8-10,13-14,16-17,20,26H,11-12,15,18-19H2,1-4H3,(H,33,34,35)/t26-/m1/s1. The van der Waals surface area contributed by atoms with Gasteiger partial charge in [-0.15, -0.1) is 0 Å². The largest absolute Gasteiger partial charge is 0.343 e. The van der Waals surface area contributed by atoms with Crippen molar-refractivity contribution in [3.63, 3.8) is 0 Å². The second-order valence-electron chi connectivity index (χ2n) is 11.0. The van der Waals surface area contributed by atoms with Crippen LogP contribution in [0.2, 0.25) is 0 Å². The lowest BCUT2D eigenvalue weighted by Crippen LogP contribution is -2.31. The van der Waals surface area contributed by atoms with E-state index in [0.717, 1.165) is 25.0 Å². The van der Waals surface area contributed by atoms with Crippen molar-refractivity contribution in [3.05, 3.63) is 88.6 Å². The number of Topliss-reactive ketones (excluding diaryl/α,β-unsaturated/α-hetero) is 1. The number of likely N-dealkylation sites (N-methyl/N-ethyl adjacent to an activating group) is 1. The molecule has 9 heteroatoms. The molecule has 0 aliphatic carbocycles. The van der Waals surface area contributed by atoms with Crippen LogP contribution in [-0.2, 0) is 17.5 Å². The highest BCUT2D eigenvalue weighted by atomic mass is 31.2. The van der Waals surface area contributed by atoms with Gasteiger partial charge < -0.3 is 14.4 Å². The third-order valence-electron chi connectivity index (χ3n) is 7.37. The van der Waals surface area contributed by atoms with E-state index in [1.807, 2.05) is 12.1 Å². The van der Waals surface area contributed by atoms with Gasteiger partial charge in [-0.05, 0) is 63.7 Å². The van der Waals surface area contributed by atoms with Crippen LogP contribution in [-0.4, -0.2) is 77.1 Å². The molecule has 206 valence electrons. The minimum Gasteiger partial charge on any atom is -0.343 e. The van der Waals surface area contributed by atoms with Crippen LogP contribution in [0.4, 0.5) is 4.39 Å². The summed E-state index contributed by atoms with van der Waals surface area (Å²) in [6, 6.07) is 12.5. The van der Waals surface area contributed by atoms with Gasteiger partial charge in [0.05, 0.1) is 11.8 Å². The topological polar surface area (TPSA) is 82.2 Å². The third kappa shape index (κ3) is 6.39. The SMILES string of the molecule is CN(C)[C@@H]1CCN(Cc2ccc(CC(=O)c3ccc(P(C)(C)=O)c(C#Cc4cnc5nc[nH]c5c4)c3)cc2F)C1. The Balaban J connectivity index is 1.33. The molecule has 0 bridgehead atoms. The number of imidazole rings is 1. The first kappa shape index (κ1) is 27.9. The zero-order valence-corrected chi connectivity index (χ0v) is 24.1. The van der Waals surface area contributed by atoms with Gasteiger partial charge in [0.15, 0.2) is 11.4 Å². The number of nitrogens with zero attached hydrogens (tertiary/aromatic N) is 4. The zero-order valence-electron chi connectivity index (χ0n) is 23.2. The Labute approximate surface area is 234 Å². The third-order valence-corrected chi connectivity index (χ3v) is 8.92. The smallest absolute Gasteiger partial charge is 0.177 e. The zero-order chi connectivity index (χ0) is 28.4. The maximum Gasteiger partial charge on any atom is 0.177 e. The average Bonchev–Trinajstić information content (AvgIpc) is 3.58. The highest BCUT2D eigenvalue weighted by molar-refractivity contribution is 7.70. The molecule has 1 saturated heterocycles. The van der Waals surface area contributed by atoms with Gasteiger partial charge in [0.25, 0.3) is 0 Å². The van der Waals surface area contributed by atoms with Crippen molar-refractivity contribution in [1.29, 1.82) is 0 Å². The molecule has 3 heterocycles. The molecule has 0 radical (unpaired) electrons. The second-order valence-corrected chi connectivity index (χ2v) is 14.2. The Hall–Kier alpha value is -3.63. The number of H-pyrrole nitrogens is 1. The Morgan fingerprint density at radius 1 is 1.15 bits per heavy atom. The first-order chi connectivity index (χ1) is 19.1. The quantitative estimate of drug-likeness (QED) is 0.207. The maximum atomic E-state index is 15.0. The monoisotopic (exact) mass is 557 g/mol. The van der Waals surface area contributed by atoms with Crippen LogP contribution in [0.15, 0.2) is 55.0 Å². The first-order valence-electron chi connectivity index (χ1n) is 13.3. The summed E-state index contributed by atoms with van der Waals surface area (Å²) in [5, 5.41) is 0.612. The molecule has 1 aliphatic rings. The van der Waals surface area contributed by atoms with Gasteiger partial charge in [0.1, 0.15) is 13.0 Å². The highest BCUT2D eigenvalue weighted by Crippen LogP contribution is 2.36. The number of hydrogen-bond acceptors (Lipinski definition) is 6. The summed E-state index contributed by atoms with van der Waals surface area (Å²) in [5.41, 5.74) is 4.27. The molecule has 0 saturated carbocycles. The molecule has 1 fully saturated rings. The summed E-state index contributed by atoms with van der Waals surface area (Å²) in [7, 11) is 1.49. The number of likely N-dealkylation sites (tertiary alicyclic amines) is 1. The lowest BCUT2D eigenvalue weighted by Gasteiger charge is -2.20. The predicted molar refractivity (Wildman–Crippen MR) is 157 cm³/mol. The van der Waals surface area contributed by atoms with Crippen LogP contribution in [0, 0.1) is 17.7 Å². The van der Waals surface area contributed by atoms with Gasteiger partial charge in [-0.25, -0.2) is 14.4 Å². The Morgan fingerprint density at radius 2 is 1.98 bits per heavy atom. The molecule has 0 unspecified atom stereocenters. The summed E-state index contributed by atoms with van der Waals surface area (Å²) >= 11 is 0. The van der Waals surface area contributed by atoms with E-state index in [1.54, 1.807) is 50.1 Å². The van der Waals surface area contributed by atoms with Crippen LogP contribution in [0.25, 0.3) is 11.2 Å². The minimum atomic E-state index is -2.66. The second kappa shape index (κ2) is 11.5. The normalized spacial score (nSPS) is 15.9. The fourth-order valence-electron chi connectivity index (χ4n) is 5.05. The number of hydrogen-bond donors (Lipinski definition) is 1. The summed E-state index contributed by atoms with van der Waals surface area (Å²) < 4.78 is 28.0. The van der Waals surface area contributed by atoms with Gasteiger partial charge in [0, 0.05) is 65.9 Å². The fraction of sp³-hybridized carbons (Fsp3) is 0.323. The number of nitrogens with one attached hydrogen (secondary N) is 1. The Bertz CT molecular complexity index is 1680. The number of carbonyl (C=O) groups is 1. The minimum absolute atomic E-state index is 0.0617. The lowest BCUT2D eigenvalue weighted by molar-refractivity contribution is 0.0993. The molecular formula is C31H33FN5O2P. The maximum absolute atomic E-state index is 15.0. The van der Waals surface area contributed by atoms with Gasteiger partial charge in [0.2, 0.25) is 0 Å². The summed E-state index contributed by atoms with van der Waals surface area (Å²) in [5.74, 6) is 5.73. The van der Waals surface area contributed by atoms with Crippen LogP contribution in [0.3, 0.4) is 0 Å². The van der Waals surface area contributed by atoms with Crippen LogP contribution in [0.5, 0.6) is 0 Å². The number of ketones is 1. The van der Waals surface area contributed by atoms with E-state index in [0.29, 0.717) is 51.4 Å². The van der Waals surface area contributed by atoms with E-state index in [2.05, 4.69) is 50.7 Å². The fourth-order valence-corrected chi connectivity index (χ4v) is 6.19. The van der Waals surface area contributed by atoms with E-state index in [-0.39, 0.29) is 18.0 Å². The molecule has 0 spiro atoms. The predicted octanol–water partition coefficient (Wildman–Crippen LogP) is 4.31. The molecule has 0 amide bonds. The highest BCUT2D eigenvalue weighted by Gasteiger charge is 2.24. The number of rotatable bonds is 7. The number of pyridine rings is 1. The van der Waals surface area contributed by atoms with Crippen molar-refractivity contribution in [2.45, 2.75) is 25.4 Å². The molecule has 1 atom stereocenters. The van der Waals surface area contributed by atoms with E-state index >= 15 is 0 Å². The summed E-state index contributed by atoms with van der Waals surface area (Å²) in [4.78, 5) is 29.1. The number of aromatic nitrogens is 3. The molecule has 1 N–H and O–H groups in total. The van der Waals surface area contributed by atoms with Gasteiger partial charge in [-0.3, -0.25) is 9.69 Å². The molecule has 40 heavy (non-hydrogen) atoms. The van der Waals surface area contributed by atoms with Crippen molar-refractivity contribution in [3.8, 4) is 11.8 Å². The van der Waals surface area contributed by atoms with E-state index in [4.69, 9.17) is 0 Å². The number of aromatic amines is 1. The molecule has 1 aliphatic heterocycles. The number of benzene rings is 2. The van der Waals surface area contributed by atoms with E-state index < -0.39 is 7.14 Å². The van der Waals surface area contributed by atoms with Crippen molar-refractivity contribution in [2.75, 3.05) is 40.5 Å². The van der Waals surface area contributed by atoms with Crippen molar-refractivity contribution in [2.24, 2.45) is 0 Å². The molecule has 2 aromatic carbocycles. The van der Waals surface area contributed by atoms with Crippen molar-refractivity contribution in [1.82, 2.24) is 24.8 Å². The number of carbonyl (C=O) groups excluding carboxylic acids is 1. The Morgan fingerprint density at radius 3 is 2.70 bits per heavy atom. The van der Waals surface area contributed by atoms with Crippen LogP contribution < -0.4 is 5.30 Å². The molecular weight excluding hydrogens is 524 g/mol. The van der Waals surface area contributed by atoms with Crippen LogP contribution >= 0.6 is 7.14 Å². The van der Waals surface area contributed by atoms with Crippen molar-refractivity contribution >= 4 is 29.4 Å². The van der Waals surface area contributed by atoms with Crippen LogP contribution in [0.1, 0.15) is 39.0 Å². The molecule has 7 nitrogen and oxygen atoms in total. The molecule has 2 aromatic heterocycles. The van der Waals surface area contributed by atoms with Gasteiger partial charge in [-0.1, -0.05) is 30.0 Å². The summed E-state index contributed by atoms with van der Waals surface area (Å²) in [6.45, 7) is 5.79. The molecule has 5 rings (SSSR count). The molecule has 4 aromatic rings. The van der Waals surface area contributed by atoms with Crippen molar-refractivity contribution < 1.29 is 13.8 Å². The van der Waals surface area contributed by atoms with Gasteiger partial charge >= 0.3 is 0 Å². The summed E-state index contributed by atoms with van der Waals surface area (Å²) in [6.07, 6.45) is 4.34. The lowest BCUT2D eigenvalue weighted by atomic mass is 10.00. The van der Waals surface area contributed by atoms with E-state index in [1.165, 1.54) is 6.07 Å². The average molecular weight is 558 g/mol. The Kier molecular flexibility index (Phi) is 8.00.